The Morgan fingerprint density at radius 1 is 1.19 bits per heavy atom. The molecule has 3 nitrogen and oxygen atoms in total. The van der Waals surface area contributed by atoms with Crippen molar-refractivity contribution in [1.29, 1.82) is 0 Å². The van der Waals surface area contributed by atoms with Crippen LogP contribution in [0.25, 0.3) is 0 Å². The molecule has 0 unspecified atom stereocenters. The van der Waals surface area contributed by atoms with Crippen LogP contribution in [0.15, 0.2) is 18.2 Å². The van der Waals surface area contributed by atoms with Crippen LogP contribution >= 0.6 is 0 Å². The largest absolute Gasteiger partial charge is 0.398 e. The van der Waals surface area contributed by atoms with Crippen molar-refractivity contribution >= 4 is 11.6 Å². The second kappa shape index (κ2) is 6.04. The molecule has 2 aliphatic carbocycles. The van der Waals surface area contributed by atoms with Crippen molar-refractivity contribution in [2.24, 2.45) is 5.92 Å². The quantitative estimate of drug-likeness (QED) is 0.861. The van der Waals surface area contributed by atoms with E-state index in [1.165, 1.54) is 50.3 Å². The van der Waals surface area contributed by atoms with E-state index in [9.17, 15) is 9.18 Å². The molecule has 0 radical (unpaired) electrons. The van der Waals surface area contributed by atoms with E-state index >= 15 is 0 Å². The smallest absolute Gasteiger partial charge is 0.256 e. The third kappa shape index (κ3) is 3.36. The number of anilines is 1. The number of amides is 1. The highest BCUT2D eigenvalue weighted by Gasteiger charge is 2.35. The number of benzene rings is 1. The zero-order valence-corrected chi connectivity index (χ0v) is 12.4. The minimum Gasteiger partial charge on any atom is -0.398 e. The summed E-state index contributed by atoms with van der Waals surface area (Å²) in [6.45, 7) is 0.834. The number of hydrogen-bond donors (Lipinski definition) is 1. The molecule has 0 spiro atoms. The first-order valence-electron chi connectivity index (χ1n) is 8.01. The maximum Gasteiger partial charge on any atom is 0.256 e. The second-order valence-corrected chi connectivity index (χ2v) is 6.42. The number of carbonyl (C=O) groups is 1. The fraction of sp³-hybridized carbons (Fsp3) is 0.588. The molecule has 1 aromatic carbocycles. The van der Waals surface area contributed by atoms with Crippen molar-refractivity contribution in [3.63, 3.8) is 0 Å². The van der Waals surface area contributed by atoms with Gasteiger partial charge in [-0.25, -0.2) is 4.39 Å². The van der Waals surface area contributed by atoms with Gasteiger partial charge in [0.2, 0.25) is 0 Å². The standard InChI is InChI=1S/C17H23FN2O/c18-13-6-9-15(16(19)10-13)17(21)20(14-7-8-14)11-12-4-2-1-3-5-12/h6,9-10,12,14H,1-5,7-8,11,19H2. The fourth-order valence-corrected chi connectivity index (χ4v) is 3.31. The highest BCUT2D eigenvalue weighted by Crippen LogP contribution is 2.33. The topological polar surface area (TPSA) is 46.3 Å². The molecule has 2 aliphatic rings. The van der Waals surface area contributed by atoms with E-state index in [4.69, 9.17) is 5.73 Å². The predicted molar refractivity (Wildman–Crippen MR) is 81.4 cm³/mol. The van der Waals surface area contributed by atoms with E-state index in [0.29, 0.717) is 17.5 Å². The summed E-state index contributed by atoms with van der Waals surface area (Å²) in [4.78, 5) is 14.7. The average molecular weight is 290 g/mol. The van der Waals surface area contributed by atoms with Gasteiger partial charge in [-0.15, -0.1) is 0 Å². The molecule has 21 heavy (non-hydrogen) atoms. The van der Waals surface area contributed by atoms with Gasteiger partial charge in [-0.05, 0) is 49.8 Å². The van der Waals surface area contributed by atoms with Crippen LogP contribution in [0, 0.1) is 11.7 Å². The fourth-order valence-electron chi connectivity index (χ4n) is 3.31. The van der Waals surface area contributed by atoms with Crippen LogP contribution in [0.5, 0.6) is 0 Å². The summed E-state index contributed by atoms with van der Waals surface area (Å²) < 4.78 is 13.2. The molecule has 0 aromatic heterocycles. The first kappa shape index (κ1) is 14.4. The lowest BCUT2D eigenvalue weighted by molar-refractivity contribution is 0.0700. The maximum absolute atomic E-state index is 13.2. The van der Waals surface area contributed by atoms with E-state index in [1.807, 2.05) is 4.90 Å². The van der Waals surface area contributed by atoms with E-state index < -0.39 is 5.82 Å². The molecule has 2 fully saturated rings. The van der Waals surface area contributed by atoms with Gasteiger partial charge in [-0.2, -0.15) is 0 Å². The number of nitrogens with two attached hydrogens (primary N) is 1. The van der Waals surface area contributed by atoms with Crippen molar-refractivity contribution in [3.8, 4) is 0 Å². The van der Waals surface area contributed by atoms with Gasteiger partial charge in [0.15, 0.2) is 0 Å². The van der Waals surface area contributed by atoms with Crippen LogP contribution in [-0.4, -0.2) is 23.4 Å². The van der Waals surface area contributed by atoms with Crippen LogP contribution in [0.3, 0.4) is 0 Å². The van der Waals surface area contributed by atoms with Gasteiger partial charge in [0.05, 0.1) is 5.56 Å². The molecule has 2 N–H and O–H groups in total. The first-order chi connectivity index (χ1) is 10.1. The highest BCUT2D eigenvalue weighted by molar-refractivity contribution is 5.99. The Morgan fingerprint density at radius 3 is 2.52 bits per heavy atom. The Kier molecular flexibility index (Phi) is 4.13. The van der Waals surface area contributed by atoms with Crippen molar-refractivity contribution in [3.05, 3.63) is 29.6 Å². The third-order valence-electron chi connectivity index (χ3n) is 4.67. The molecule has 0 bridgehead atoms. The normalized spacial score (nSPS) is 19.5. The van der Waals surface area contributed by atoms with Crippen LogP contribution < -0.4 is 5.73 Å². The molecule has 0 saturated heterocycles. The lowest BCUT2D eigenvalue weighted by atomic mass is 9.88. The summed E-state index contributed by atoms with van der Waals surface area (Å²) in [7, 11) is 0. The second-order valence-electron chi connectivity index (χ2n) is 6.42. The molecule has 1 amide bonds. The van der Waals surface area contributed by atoms with Crippen molar-refractivity contribution in [2.75, 3.05) is 12.3 Å². The minimum absolute atomic E-state index is 0.0272. The average Bonchev–Trinajstić information content (AvgIpc) is 3.30. The van der Waals surface area contributed by atoms with E-state index in [-0.39, 0.29) is 11.6 Å². The summed E-state index contributed by atoms with van der Waals surface area (Å²) in [5.41, 5.74) is 6.51. The van der Waals surface area contributed by atoms with Crippen molar-refractivity contribution in [1.82, 2.24) is 4.90 Å². The van der Waals surface area contributed by atoms with Crippen molar-refractivity contribution in [2.45, 2.75) is 51.0 Å². The monoisotopic (exact) mass is 290 g/mol. The summed E-state index contributed by atoms with van der Waals surface area (Å²) in [6.07, 6.45) is 8.47. The van der Waals surface area contributed by atoms with Gasteiger partial charge in [0, 0.05) is 18.3 Å². The van der Waals surface area contributed by atoms with Crippen LogP contribution in [0.1, 0.15) is 55.3 Å². The molecule has 0 heterocycles. The highest BCUT2D eigenvalue weighted by atomic mass is 19.1. The summed E-state index contributed by atoms with van der Waals surface area (Å²) >= 11 is 0. The zero-order chi connectivity index (χ0) is 14.8. The first-order valence-corrected chi connectivity index (χ1v) is 8.01. The number of carbonyl (C=O) groups excluding carboxylic acids is 1. The molecule has 2 saturated carbocycles. The Hall–Kier alpha value is -1.58. The van der Waals surface area contributed by atoms with Gasteiger partial charge in [0.1, 0.15) is 5.82 Å². The SMILES string of the molecule is Nc1cc(F)ccc1C(=O)N(CC1CCCCC1)C1CC1. The summed E-state index contributed by atoms with van der Waals surface area (Å²) in [5, 5.41) is 0. The van der Waals surface area contributed by atoms with Gasteiger partial charge in [-0.3, -0.25) is 4.79 Å². The van der Waals surface area contributed by atoms with Crippen LogP contribution in [0.2, 0.25) is 0 Å². The Morgan fingerprint density at radius 2 is 1.90 bits per heavy atom. The van der Waals surface area contributed by atoms with Gasteiger partial charge >= 0.3 is 0 Å². The lowest BCUT2D eigenvalue weighted by Gasteiger charge is -2.30. The van der Waals surface area contributed by atoms with Crippen LogP contribution in [-0.2, 0) is 0 Å². The number of halogens is 1. The number of rotatable bonds is 4. The lowest BCUT2D eigenvalue weighted by Crippen LogP contribution is -2.38. The Labute approximate surface area is 125 Å². The third-order valence-corrected chi connectivity index (χ3v) is 4.67. The van der Waals surface area contributed by atoms with Crippen LogP contribution in [0.4, 0.5) is 10.1 Å². The molecular weight excluding hydrogens is 267 g/mol. The zero-order valence-electron chi connectivity index (χ0n) is 12.4. The molecule has 0 aliphatic heterocycles. The number of nitrogens with zero attached hydrogens (tertiary/aromatic N) is 1. The molecule has 4 heteroatoms. The molecular formula is C17H23FN2O. The number of hydrogen-bond acceptors (Lipinski definition) is 2. The minimum atomic E-state index is -0.394. The molecule has 0 atom stereocenters. The maximum atomic E-state index is 13.2. The summed E-state index contributed by atoms with van der Waals surface area (Å²) in [6, 6.07) is 4.43. The Bertz CT molecular complexity index is 522. The van der Waals surface area contributed by atoms with Gasteiger partial charge in [0.25, 0.3) is 5.91 Å². The van der Waals surface area contributed by atoms with Gasteiger partial charge < -0.3 is 10.6 Å². The predicted octanol–water partition coefficient (Wildman–Crippen LogP) is 3.59. The number of nitrogen functional groups attached to an aromatic ring is 1. The Balaban J connectivity index is 1.75. The van der Waals surface area contributed by atoms with Crippen molar-refractivity contribution < 1.29 is 9.18 Å². The van der Waals surface area contributed by atoms with E-state index in [1.54, 1.807) is 0 Å². The van der Waals surface area contributed by atoms with E-state index in [0.717, 1.165) is 19.4 Å². The summed E-state index contributed by atoms with van der Waals surface area (Å²) in [5.74, 6) is 0.194. The molecule has 114 valence electrons. The van der Waals surface area contributed by atoms with E-state index in [2.05, 4.69) is 0 Å². The molecule has 3 rings (SSSR count). The molecule has 1 aromatic rings. The van der Waals surface area contributed by atoms with Gasteiger partial charge in [-0.1, -0.05) is 19.3 Å².